The van der Waals surface area contributed by atoms with Gasteiger partial charge in [0, 0.05) is 19.6 Å². The number of nitrogens with one attached hydrogen (secondary N) is 1. The summed E-state index contributed by atoms with van der Waals surface area (Å²) in [7, 11) is 0. The molecule has 1 aromatic carbocycles. The Labute approximate surface area is 118 Å². The molecule has 2 heteroatoms. The highest BCUT2D eigenvalue weighted by Crippen LogP contribution is 2.30. The molecule has 0 atom stereocenters. The van der Waals surface area contributed by atoms with Crippen LogP contribution in [0, 0.1) is 5.92 Å². The highest BCUT2D eigenvalue weighted by atomic mass is 15.1. The van der Waals surface area contributed by atoms with Crippen molar-refractivity contribution < 1.29 is 0 Å². The number of hydrogen-bond acceptors (Lipinski definition) is 2. The Morgan fingerprint density at radius 2 is 1.79 bits per heavy atom. The molecule has 106 valence electrons. The summed E-state index contributed by atoms with van der Waals surface area (Å²) in [6.45, 7) is 10.1. The Morgan fingerprint density at radius 3 is 2.37 bits per heavy atom. The average Bonchev–Trinajstić information content (AvgIpc) is 3.24. The van der Waals surface area contributed by atoms with Crippen LogP contribution < -0.4 is 5.32 Å². The standard InChI is InChI=1S/C17H28N2/c1-3-11-18-12-15-5-7-16(8-6-15)13-19(4-2)14-17-9-10-17/h5-8,17-18H,3-4,9-14H2,1-2H3. The first-order chi connectivity index (χ1) is 9.31. The molecular formula is C17H28N2. The van der Waals surface area contributed by atoms with Crippen LogP contribution in [0.1, 0.15) is 44.2 Å². The fourth-order valence-corrected chi connectivity index (χ4v) is 2.40. The minimum absolute atomic E-state index is 0.984. The molecule has 0 saturated heterocycles. The van der Waals surface area contributed by atoms with Crippen LogP contribution in [0.15, 0.2) is 24.3 Å². The molecule has 0 aliphatic heterocycles. The summed E-state index contributed by atoms with van der Waals surface area (Å²) in [4.78, 5) is 2.57. The molecule has 1 saturated carbocycles. The van der Waals surface area contributed by atoms with Crippen molar-refractivity contribution in [3.8, 4) is 0 Å². The normalized spacial score (nSPS) is 15.1. The van der Waals surface area contributed by atoms with Gasteiger partial charge in [0.05, 0.1) is 0 Å². The van der Waals surface area contributed by atoms with Gasteiger partial charge in [-0.25, -0.2) is 0 Å². The second-order valence-corrected chi connectivity index (χ2v) is 5.76. The molecule has 19 heavy (non-hydrogen) atoms. The van der Waals surface area contributed by atoms with Crippen molar-refractivity contribution in [1.82, 2.24) is 10.2 Å². The van der Waals surface area contributed by atoms with E-state index < -0.39 is 0 Å². The lowest BCUT2D eigenvalue weighted by Crippen LogP contribution is -2.25. The van der Waals surface area contributed by atoms with Gasteiger partial charge in [0.25, 0.3) is 0 Å². The molecule has 1 aliphatic rings. The molecule has 1 aliphatic carbocycles. The Kier molecular flexibility index (Phi) is 5.87. The van der Waals surface area contributed by atoms with Crippen molar-refractivity contribution in [3.63, 3.8) is 0 Å². The molecule has 1 aromatic rings. The van der Waals surface area contributed by atoms with Crippen LogP contribution in [0.4, 0.5) is 0 Å². The summed E-state index contributed by atoms with van der Waals surface area (Å²) in [5.74, 6) is 0.984. The molecule has 0 bridgehead atoms. The van der Waals surface area contributed by atoms with E-state index >= 15 is 0 Å². The molecule has 0 heterocycles. The van der Waals surface area contributed by atoms with Crippen LogP contribution in [0.25, 0.3) is 0 Å². The molecule has 0 radical (unpaired) electrons. The fraction of sp³-hybridized carbons (Fsp3) is 0.647. The maximum absolute atomic E-state index is 3.45. The molecule has 0 amide bonds. The van der Waals surface area contributed by atoms with Gasteiger partial charge in [-0.05, 0) is 49.4 Å². The minimum atomic E-state index is 0.984. The van der Waals surface area contributed by atoms with E-state index in [1.165, 1.54) is 36.9 Å². The van der Waals surface area contributed by atoms with Crippen LogP contribution in [0.3, 0.4) is 0 Å². The predicted molar refractivity (Wildman–Crippen MR) is 82.1 cm³/mol. The van der Waals surface area contributed by atoms with Gasteiger partial charge in [-0.15, -0.1) is 0 Å². The van der Waals surface area contributed by atoms with Gasteiger partial charge in [-0.3, -0.25) is 4.90 Å². The summed E-state index contributed by atoms with van der Waals surface area (Å²) < 4.78 is 0. The first-order valence-electron chi connectivity index (χ1n) is 7.82. The van der Waals surface area contributed by atoms with Gasteiger partial charge in [0.1, 0.15) is 0 Å². The molecule has 0 unspecified atom stereocenters. The van der Waals surface area contributed by atoms with Crippen molar-refractivity contribution >= 4 is 0 Å². The first kappa shape index (κ1) is 14.5. The lowest BCUT2D eigenvalue weighted by Gasteiger charge is -2.20. The summed E-state index contributed by atoms with van der Waals surface area (Å²) in [5.41, 5.74) is 2.84. The zero-order valence-electron chi connectivity index (χ0n) is 12.5. The zero-order chi connectivity index (χ0) is 13.5. The lowest BCUT2D eigenvalue weighted by atomic mass is 10.1. The maximum Gasteiger partial charge on any atom is 0.0233 e. The molecule has 0 aromatic heterocycles. The van der Waals surface area contributed by atoms with Crippen molar-refractivity contribution in [2.24, 2.45) is 5.92 Å². The number of benzene rings is 1. The first-order valence-corrected chi connectivity index (χ1v) is 7.82. The topological polar surface area (TPSA) is 15.3 Å². The van der Waals surface area contributed by atoms with Gasteiger partial charge < -0.3 is 5.32 Å². The van der Waals surface area contributed by atoms with Crippen LogP contribution in [0.5, 0.6) is 0 Å². The van der Waals surface area contributed by atoms with E-state index in [1.807, 2.05) is 0 Å². The van der Waals surface area contributed by atoms with Crippen molar-refractivity contribution in [1.29, 1.82) is 0 Å². The van der Waals surface area contributed by atoms with E-state index in [-0.39, 0.29) is 0 Å². The molecule has 1 N–H and O–H groups in total. The van der Waals surface area contributed by atoms with Gasteiger partial charge in [-0.2, -0.15) is 0 Å². The number of nitrogens with zero attached hydrogens (tertiary/aromatic N) is 1. The van der Waals surface area contributed by atoms with Crippen LogP contribution in [-0.2, 0) is 13.1 Å². The predicted octanol–water partition coefficient (Wildman–Crippen LogP) is 3.42. The quantitative estimate of drug-likeness (QED) is 0.684. The van der Waals surface area contributed by atoms with Gasteiger partial charge in [0.2, 0.25) is 0 Å². The zero-order valence-corrected chi connectivity index (χ0v) is 12.5. The van der Waals surface area contributed by atoms with E-state index in [4.69, 9.17) is 0 Å². The Balaban J connectivity index is 1.79. The van der Waals surface area contributed by atoms with Crippen molar-refractivity contribution in [2.45, 2.75) is 46.2 Å². The molecular weight excluding hydrogens is 232 g/mol. The third kappa shape index (κ3) is 5.33. The van der Waals surface area contributed by atoms with Crippen LogP contribution >= 0.6 is 0 Å². The largest absolute Gasteiger partial charge is 0.313 e. The number of hydrogen-bond donors (Lipinski definition) is 1. The number of rotatable bonds is 9. The highest BCUT2D eigenvalue weighted by Gasteiger charge is 2.23. The van der Waals surface area contributed by atoms with Crippen LogP contribution in [0.2, 0.25) is 0 Å². The van der Waals surface area contributed by atoms with E-state index in [9.17, 15) is 0 Å². The van der Waals surface area contributed by atoms with E-state index in [2.05, 4.69) is 48.3 Å². The van der Waals surface area contributed by atoms with Gasteiger partial charge >= 0.3 is 0 Å². The monoisotopic (exact) mass is 260 g/mol. The maximum atomic E-state index is 3.45. The van der Waals surface area contributed by atoms with Gasteiger partial charge in [-0.1, -0.05) is 38.1 Å². The van der Waals surface area contributed by atoms with E-state index in [0.29, 0.717) is 0 Å². The summed E-state index contributed by atoms with van der Waals surface area (Å²) in [5, 5.41) is 3.45. The van der Waals surface area contributed by atoms with Crippen molar-refractivity contribution in [2.75, 3.05) is 19.6 Å². The molecule has 0 spiro atoms. The third-order valence-corrected chi connectivity index (χ3v) is 3.85. The second kappa shape index (κ2) is 7.66. The summed E-state index contributed by atoms with van der Waals surface area (Å²) >= 11 is 0. The van der Waals surface area contributed by atoms with Gasteiger partial charge in [0.15, 0.2) is 0 Å². The minimum Gasteiger partial charge on any atom is -0.313 e. The van der Waals surface area contributed by atoms with E-state index in [1.54, 1.807) is 0 Å². The Morgan fingerprint density at radius 1 is 1.11 bits per heavy atom. The third-order valence-electron chi connectivity index (χ3n) is 3.85. The SMILES string of the molecule is CCCNCc1ccc(CN(CC)CC2CC2)cc1. The average molecular weight is 260 g/mol. The highest BCUT2D eigenvalue weighted by molar-refractivity contribution is 5.22. The Hall–Kier alpha value is -0.860. The van der Waals surface area contributed by atoms with E-state index in [0.717, 1.165) is 32.1 Å². The summed E-state index contributed by atoms with van der Waals surface area (Å²) in [6.07, 6.45) is 4.09. The molecule has 1 fully saturated rings. The van der Waals surface area contributed by atoms with Crippen LogP contribution in [-0.4, -0.2) is 24.5 Å². The fourth-order valence-electron chi connectivity index (χ4n) is 2.40. The second-order valence-electron chi connectivity index (χ2n) is 5.76. The summed E-state index contributed by atoms with van der Waals surface area (Å²) in [6, 6.07) is 9.11. The lowest BCUT2D eigenvalue weighted by molar-refractivity contribution is 0.268. The Bertz CT molecular complexity index is 354. The molecule has 2 nitrogen and oxygen atoms in total. The van der Waals surface area contributed by atoms with Crippen molar-refractivity contribution in [3.05, 3.63) is 35.4 Å². The smallest absolute Gasteiger partial charge is 0.0233 e. The molecule has 2 rings (SSSR count).